The van der Waals surface area contributed by atoms with Crippen LogP contribution in [0.2, 0.25) is 0 Å². The van der Waals surface area contributed by atoms with Crippen molar-refractivity contribution in [2.45, 2.75) is 41.5 Å². The maximum Gasteiger partial charge on any atom is 0.459 e. The zero-order valence-electron chi connectivity index (χ0n) is 15.5. The Labute approximate surface area is 147 Å². The highest BCUT2D eigenvalue weighted by Gasteiger charge is 2.37. The monoisotopic (exact) mass is 325 g/mol. The van der Waals surface area contributed by atoms with E-state index in [1.165, 1.54) is 0 Å². The molecule has 1 aromatic heterocycles. The van der Waals surface area contributed by atoms with Crippen LogP contribution in [0.1, 0.15) is 41.5 Å². The van der Waals surface area contributed by atoms with Crippen molar-refractivity contribution >= 4 is 21.4 Å². The third-order valence-corrected chi connectivity index (χ3v) is 2.78. The van der Waals surface area contributed by atoms with E-state index >= 15 is 0 Å². The second-order valence-corrected chi connectivity index (χ2v) is 6.27. The molecule has 7 heteroatoms. The molecule has 1 aliphatic rings. The third-order valence-electron chi connectivity index (χ3n) is 2.78. The van der Waals surface area contributed by atoms with Crippen LogP contribution in [-0.2, 0) is 13.7 Å². The molecular formula is C17H26B3NO3. The minimum atomic E-state index is -0.357. The molecule has 0 atom stereocenters. The van der Waals surface area contributed by atoms with Crippen LogP contribution in [-0.4, -0.2) is 26.3 Å². The van der Waals surface area contributed by atoms with Crippen LogP contribution in [0.5, 0.6) is 0 Å². The van der Waals surface area contributed by atoms with Crippen molar-refractivity contribution in [3.05, 3.63) is 65.2 Å². The van der Waals surface area contributed by atoms with Crippen LogP contribution in [0, 0.1) is 0 Å². The molecule has 0 saturated carbocycles. The lowest BCUT2D eigenvalue weighted by Crippen LogP contribution is -2.47. The molecule has 24 heavy (non-hydrogen) atoms. The van der Waals surface area contributed by atoms with E-state index in [9.17, 15) is 0 Å². The van der Waals surface area contributed by atoms with Crippen molar-refractivity contribution in [2.24, 2.45) is 0 Å². The highest BCUT2D eigenvalue weighted by Crippen LogP contribution is 2.14. The number of rotatable bonds is 3. The molecule has 2 heterocycles. The van der Waals surface area contributed by atoms with Gasteiger partial charge in [0.15, 0.2) is 0 Å². The van der Waals surface area contributed by atoms with Gasteiger partial charge in [0.25, 0.3) is 0 Å². The first-order valence-electron chi connectivity index (χ1n) is 8.13. The number of hydrogen-bond donors (Lipinski definition) is 0. The molecule has 0 bridgehead atoms. The van der Waals surface area contributed by atoms with Crippen molar-refractivity contribution in [3.63, 3.8) is 0 Å². The van der Waals surface area contributed by atoms with Crippen LogP contribution in [0.15, 0.2) is 65.2 Å². The first kappa shape index (κ1) is 20.5. The maximum atomic E-state index is 5.69. The number of pyridine rings is 1. The fourth-order valence-corrected chi connectivity index (χ4v) is 1.86. The summed E-state index contributed by atoms with van der Waals surface area (Å²) >= 11 is 0. The van der Waals surface area contributed by atoms with E-state index < -0.39 is 0 Å². The molecule has 2 rings (SSSR count). The summed E-state index contributed by atoms with van der Waals surface area (Å²) in [6.07, 6.45) is 3.50. The van der Waals surface area contributed by atoms with Gasteiger partial charge >= 0.3 is 21.4 Å². The summed E-state index contributed by atoms with van der Waals surface area (Å²) in [5.41, 5.74) is 3.48. The van der Waals surface area contributed by atoms with E-state index in [0.717, 1.165) is 16.7 Å². The van der Waals surface area contributed by atoms with Gasteiger partial charge in [-0.15, -0.1) is 0 Å². The lowest BCUT2D eigenvalue weighted by Gasteiger charge is -2.27. The minimum absolute atomic E-state index is 0.357. The van der Waals surface area contributed by atoms with Crippen LogP contribution in [0.25, 0.3) is 0 Å². The lowest BCUT2D eigenvalue weighted by atomic mass is 9.68. The van der Waals surface area contributed by atoms with Crippen LogP contribution in [0.4, 0.5) is 0 Å². The molecular weight excluding hydrogens is 299 g/mol. The van der Waals surface area contributed by atoms with E-state index in [4.69, 9.17) is 13.7 Å². The van der Waals surface area contributed by atoms with Gasteiger partial charge in [-0.3, -0.25) is 4.98 Å². The quantitative estimate of drug-likeness (QED) is 0.784. The third kappa shape index (κ3) is 9.55. The molecule has 0 unspecified atom stereocenters. The summed E-state index contributed by atoms with van der Waals surface area (Å²) in [7, 11) is -1.07. The number of allylic oxidation sites excluding steroid dienone is 3. The van der Waals surface area contributed by atoms with E-state index in [1.807, 2.05) is 77.7 Å². The van der Waals surface area contributed by atoms with Gasteiger partial charge < -0.3 is 13.7 Å². The van der Waals surface area contributed by atoms with E-state index in [-0.39, 0.29) is 21.4 Å². The summed E-state index contributed by atoms with van der Waals surface area (Å²) in [4.78, 5) is 3.78. The van der Waals surface area contributed by atoms with E-state index in [2.05, 4.69) is 4.98 Å². The van der Waals surface area contributed by atoms with Gasteiger partial charge in [0, 0.05) is 12.4 Å². The van der Waals surface area contributed by atoms with Gasteiger partial charge in [-0.2, -0.15) is 0 Å². The summed E-state index contributed by atoms with van der Waals surface area (Å²) < 4.78 is 17.1. The topological polar surface area (TPSA) is 40.6 Å². The van der Waals surface area contributed by atoms with Gasteiger partial charge in [-0.1, -0.05) is 40.7 Å². The first-order valence-corrected chi connectivity index (χ1v) is 8.13. The molecule has 4 nitrogen and oxygen atoms in total. The molecule has 0 N–H and O–H groups in total. The summed E-state index contributed by atoms with van der Waals surface area (Å²) in [6.45, 7) is 12.1. The Morgan fingerprint density at radius 1 is 0.625 bits per heavy atom. The highest BCUT2D eigenvalue weighted by molar-refractivity contribution is 6.79. The summed E-state index contributed by atoms with van der Waals surface area (Å²) in [6, 6.07) is 5.72. The minimum Gasteiger partial charge on any atom is -0.445 e. The highest BCUT2D eigenvalue weighted by atomic mass is 16.7. The molecule has 1 aromatic rings. The predicted molar refractivity (Wildman–Crippen MR) is 103 cm³/mol. The molecule has 0 amide bonds. The van der Waals surface area contributed by atoms with Gasteiger partial charge in [-0.05, 0) is 53.7 Å². The number of nitrogens with zero attached hydrogens (tertiary/aromatic N) is 1. The number of aromatic nitrogens is 1. The number of hydrogen-bond acceptors (Lipinski definition) is 4. The smallest absolute Gasteiger partial charge is 0.445 e. The van der Waals surface area contributed by atoms with Crippen molar-refractivity contribution in [1.82, 2.24) is 4.98 Å². The van der Waals surface area contributed by atoms with Gasteiger partial charge in [0.1, 0.15) is 0 Å². The Morgan fingerprint density at radius 2 is 0.958 bits per heavy atom. The molecule has 1 fully saturated rings. The molecule has 126 valence electrons. The predicted octanol–water partition coefficient (Wildman–Crippen LogP) is 4.11. The molecule has 0 aliphatic carbocycles. The first-order chi connectivity index (χ1) is 11.4. The standard InChI is InChI=1S/C12H21B3O3.C5H5N/c1-10(2)7-13-16-14(8-11(3)4)18-15(17-13)9-12(5)6;1-2-4-6-5-3-1/h7-9H,1-6H3;1-5H. The Hall–Kier alpha value is -1.56. The molecule has 0 spiro atoms. The molecule has 1 aliphatic heterocycles. The van der Waals surface area contributed by atoms with Crippen LogP contribution >= 0.6 is 0 Å². The fraction of sp³-hybridized carbons (Fsp3) is 0.353. The van der Waals surface area contributed by atoms with Crippen LogP contribution in [0.3, 0.4) is 0 Å². The van der Waals surface area contributed by atoms with Gasteiger partial charge in [0.05, 0.1) is 0 Å². The van der Waals surface area contributed by atoms with Crippen molar-refractivity contribution < 1.29 is 13.7 Å². The molecule has 0 radical (unpaired) electrons. The average molecular weight is 325 g/mol. The Morgan fingerprint density at radius 3 is 1.12 bits per heavy atom. The van der Waals surface area contributed by atoms with Crippen molar-refractivity contribution in [2.75, 3.05) is 0 Å². The van der Waals surface area contributed by atoms with Gasteiger partial charge in [0.2, 0.25) is 0 Å². The van der Waals surface area contributed by atoms with Crippen LogP contribution < -0.4 is 0 Å². The van der Waals surface area contributed by atoms with E-state index in [0.29, 0.717) is 0 Å². The van der Waals surface area contributed by atoms with Crippen molar-refractivity contribution in [1.29, 1.82) is 0 Å². The normalized spacial score (nSPS) is 13.5. The summed E-state index contributed by atoms with van der Waals surface area (Å²) in [5.74, 6) is 5.88. The average Bonchev–Trinajstić information content (AvgIpc) is 2.47. The zero-order valence-corrected chi connectivity index (χ0v) is 15.5. The maximum absolute atomic E-state index is 5.69. The Kier molecular flexibility index (Phi) is 9.46. The Bertz CT molecular complexity index is 474. The summed E-state index contributed by atoms with van der Waals surface area (Å²) in [5, 5.41) is 0. The van der Waals surface area contributed by atoms with E-state index in [1.54, 1.807) is 12.4 Å². The fourth-order valence-electron chi connectivity index (χ4n) is 1.86. The SMILES string of the molecule is CC(C)=CB1OB(C=C(C)C)OB(C=C(C)C)O1.c1ccncc1. The van der Waals surface area contributed by atoms with Crippen molar-refractivity contribution in [3.8, 4) is 0 Å². The largest absolute Gasteiger partial charge is 0.459 e. The lowest BCUT2D eigenvalue weighted by molar-refractivity contribution is 0.305. The van der Waals surface area contributed by atoms with Gasteiger partial charge in [-0.25, -0.2) is 0 Å². The molecule has 0 aromatic carbocycles. The second-order valence-electron chi connectivity index (χ2n) is 6.27. The second kappa shape index (κ2) is 11.1. The Balaban J connectivity index is 0.000000400. The molecule has 1 saturated heterocycles. The zero-order chi connectivity index (χ0) is 17.9.